The van der Waals surface area contributed by atoms with E-state index in [2.05, 4.69) is 47.0 Å². The molecule has 0 aliphatic carbocycles. The zero-order chi connectivity index (χ0) is 30.8. The molecule has 3 aromatic carbocycles. The van der Waals surface area contributed by atoms with Crippen LogP contribution in [0, 0.1) is 0 Å². The number of ether oxygens (including phenoxy) is 1. The first-order valence-corrected chi connectivity index (χ1v) is 13.4. The van der Waals surface area contributed by atoms with Gasteiger partial charge in [-0.2, -0.15) is 20.2 Å². The quantitative estimate of drug-likeness (QED) is 0.110. The van der Waals surface area contributed by atoms with Gasteiger partial charge in [0.15, 0.2) is 11.6 Å². The van der Waals surface area contributed by atoms with Gasteiger partial charge >= 0.3 is 0 Å². The van der Waals surface area contributed by atoms with Gasteiger partial charge in [-0.1, -0.05) is 36.4 Å². The molecule has 4 rings (SSSR count). The van der Waals surface area contributed by atoms with Crippen molar-refractivity contribution in [2.45, 2.75) is 27.7 Å². The number of hydrogen-bond acceptors (Lipinski definition) is 10. The lowest BCUT2D eigenvalue weighted by molar-refractivity contribution is -0.115. The van der Waals surface area contributed by atoms with E-state index < -0.39 is 0 Å². The van der Waals surface area contributed by atoms with Crippen molar-refractivity contribution < 1.29 is 14.3 Å². The summed E-state index contributed by atoms with van der Waals surface area (Å²) in [5.74, 6) is 1.48. The number of aromatic nitrogens is 2. The summed E-state index contributed by atoms with van der Waals surface area (Å²) in [6, 6.07) is 23.8. The van der Waals surface area contributed by atoms with Crippen LogP contribution in [0.1, 0.15) is 38.8 Å². The van der Waals surface area contributed by atoms with Crippen LogP contribution < -0.4 is 31.5 Å². The summed E-state index contributed by atoms with van der Waals surface area (Å²) in [7, 11) is 1.59. The van der Waals surface area contributed by atoms with E-state index in [1.54, 1.807) is 13.2 Å². The Balaban J connectivity index is 1.57. The molecule has 0 atom stereocenters. The predicted octanol–water partition coefficient (Wildman–Crippen LogP) is 5.82. The summed E-state index contributed by atoms with van der Waals surface area (Å²) in [5, 5.41) is 17.7. The van der Waals surface area contributed by atoms with Crippen molar-refractivity contribution in [1.82, 2.24) is 9.97 Å². The molecule has 0 bridgehead atoms. The van der Waals surface area contributed by atoms with E-state index in [1.807, 2.05) is 86.6 Å². The van der Waals surface area contributed by atoms with Crippen LogP contribution in [-0.4, -0.2) is 40.3 Å². The molecule has 0 spiro atoms. The molecule has 1 aromatic heterocycles. The molecule has 2 amide bonds. The lowest BCUT2D eigenvalue weighted by atomic mass is 10.1. The normalized spacial score (nSPS) is 11.4. The topological polar surface area (TPSA) is 154 Å². The lowest BCUT2D eigenvalue weighted by Crippen LogP contribution is -2.08. The molecule has 0 radical (unpaired) electrons. The molecular weight excluding hydrogens is 546 g/mol. The number of rotatable bonds is 11. The average molecular weight is 580 g/mol. The number of anilines is 6. The Kier molecular flexibility index (Phi) is 9.98. The van der Waals surface area contributed by atoms with E-state index in [0.717, 1.165) is 11.1 Å². The number of para-hydroxylation sites is 2. The smallest absolute Gasteiger partial charge is 0.231 e. The van der Waals surface area contributed by atoms with Crippen LogP contribution >= 0.6 is 0 Å². The molecule has 1 heterocycles. The Morgan fingerprint density at radius 2 is 1.14 bits per heavy atom. The van der Waals surface area contributed by atoms with Crippen LogP contribution in [0.2, 0.25) is 0 Å². The average Bonchev–Trinajstić information content (AvgIpc) is 2.99. The number of carbonyl (C=O) groups excluding carboxylic acids is 2. The van der Waals surface area contributed by atoms with Crippen molar-refractivity contribution >= 4 is 57.9 Å². The second kappa shape index (κ2) is 14.2. The maximum absolute atomic E-state index is 11.3. The number of nitrogens with one attached hydrogen (secondary N) is 5. The number of hydrazone groups is 2. The number of hydrogen-bond donors (Lipinski definition) is 5. The highest BCUT2D eigenvalue weighted by Gasteiger charge is 2.09. The molecule has 4 aromatic rings. The summed E-state index contributed by atoms with van der Waals surface area (Å²) < 4.78 is 5.45. The summed E-state index contributed by atoms with van der Waals surface area (Å²) in [5.41, 5.74) is 11.2. The number of amides is 2. The third kappa shape index (κ3) is 8.85. The van der Waals surface area contributed by atoms with Crippen molar-refractivity contribution in [3.05, 3.63) is 90.0 Å². The summed E-state index contributed by atoms with van der Waals surface area (Å²) in [4.78, 5) is 31.7. The van der Waals surface area contributed by atoms with Gasteiger partial charge in [-0.25, -0.2) is 0 Å². The molecule has 5 N–H and O–H groups in total. The van der Waals surface area contributed by atoms with Crippen molar-refractivity contribution in [2.75, 3.05) is 33.9 Å². The first-order valence-electron chi connectivity index (χ1n) is 13.4. The Hall–Kier alpha value is -5.78. The Morgan fingerprint density at radius 3 is 1.58 bits per heavy atom. The minimum absolute atomic E-state index is 0.134. The monoisotopic (exact) mass is 579 g/mol. The highest BCUT2D eigenvalue weighted by molar-refractivity contribution is 6.00. The molecule has 0 saturated heterocycles. The molecule has 12 heteroatoms. The van der Waals surface area contributed by atoms with Crippen molar-refractivity contribution in [1.29, 1.82) is 0 Å². The largest absolute Gasteiger partial charge is 0.495 e. The van der Waals surface area contributed by atoms with Gasteiger partial charge in [-0.15, -0.1) is 0 Å². The molecule has 0 saturated carbocycles. The van der Waals surface area contributed by atoms with E-state index in [-0.39, 0.29) is 17.8 Å². The van der Waals surface area contributed by atoms with Crippen molar-refractivity contribution in [2.24, 2.45) is 10.2 Å². The van der Waals surface area contributed by atoms with Crippen LogP contribution in [0.5, 0.6) is 5.75 Å². The highest BCUT2D eigenvalue weighted by atomic mass is 16.5. The van der Waals surface area contributed by atoms with Gasteiger partial charge < -0.3 is 20.7 Å². The van der Waals surface area contributed by atoms with Crippen molar-refractivity contribution in [3.63, 3.8) is 0 Å². The van der Waals surface area contributed by atoms with E-state index in [4.69, 9.17) is 4.74 Å². The standard InChI is InChI=1S/C31H33N9O3/c1-19(23-10-14-25(15-11-23)32-21(3)41)37-39-29-18-30(36-31(35-29)34-27-8-6-7-9-28(27)43-5)40-38-20(2)24-12-16-26(17-13-24)33-22(4)42/h6-18H,1-5H3,(H,32,41)(H,33,42)(H3,34,35,36,39,40). The fourth-order valence-electron chi connectivity index (χ4n) is 3.89. The molecule has 12 nitrogen and oxygen atoms in total. The van der Waals surface area contributed by atoms with Crippen LogP contribution in [0.4, 0.5) is 34.6 Å². The van der Waals surface area contributed by atoms with Crippen LogP contribution in [0.25, 0.3) is 0 Å². The van der Waals surface area contributed by atoms with Crippen LogP contribution in [-0.2, 0) is 9.59 Å². The molecule has 0 unspecified atom stereocenters. The minimum Gasteiger partial charge on any atom is -0.495 e. The first-order chi connectivity index (χ1) is 20.7. The van der Waals surface area contributed by atoms with Gasteiger partial charge in [-0.3, -0.25) is 20.4 Å². The third-order valence-corrected chi connectivity index (χ3v) is 6.00. The molecule has 0 fully saturated rings. The Labute approximate surface area is 249 Å². The van der Waals surface area contributed by atoms with Crippen LogP contribution in [0.15, 0.2) is 89.1 Å². The van der Waals surface area contributed by atoms with Gasteiger partial charge in [-0.05, 0) is 61.4 Å². The zero-order valence-electron chi connectivity index (χ0n) is 24.5. The Morgan fingerprint density at radius 1 is 0.674 bits per heavy atom. The zero-order valence-corrected chi connectivity index (χ0v) is 24.5. The van der Waals surface area contributed by atoms with E-state index in [0.29, 0.717) is 45.9 Å². The summed E-state index contributed by atoms with van der Waals surface area (Å²) in [6.45, 7) is 6.65. The second-order valence-corrected chi connectivity index (χ2v) is 9.42. The van der Waals surface area contributed by atoms with Crippen molar-refractivity contribution in [3.8, 4) is 5.75 Å². The fourth-order valence-corrected chi connectivity index (χ4v) is 3.89. The SMILES string of the molecule is COc1ccccc1Nc1nc(NN=C(C)c2ccc(NC(C)=O)cc2)cc(NN=C(C)c2ccc(NC(C)=O)cc2)n1. The second-order valence-electron chi connectivity index (χ2n) is 9.42. The molecular formula is C31H33N9O3. The fraction of sp³-hybridized carbons (Fsp3) is 0.161. The summed E-state index contributed by atoms with van der Waals surface area (Å²) >= 11 is 0. The summed E-state index contributed by atoms with van der Waals surface area (Å²) in [6.07, 6.45) is 0. The molecule has 43 heavy (non-hydrogen) atoms. The molecule has 0 aliphatic rings. The van der Waals surface area contributed by atoms with Gasteiger partial charge in [0.25, 0.3) is 0 Å². The van der Waals surface area contributed by atoms with Gasteiger partial charge in [0.05, 0.1) is 24.2 Å². The lowest BCUT2D eigenvalue weighted by Gasteiger charge is -2.12. The van der Waals surface area contributed by atoms with E-state index >= 15 is 0 Å². The number of nitrogens with zero attached hydrogens (tertiary/aromatic N) is 4. The number of methoxy groups -OCH3 is 1. The van der Waals surface area contributed by atoms with Crippen LogP contribution in [0.3, 0.4) is 0 Å². The van der Waals surface area contributed by atoms with Gasteiger partial charge in [0, 0.05) is 31.3 Å². The Bertz CT molecular complexity index is 1550. The first kappa shape index (κ1) is 30.2. The predicted molar refractivity (Wildman–Crippen MR) is 171 cm³/mol. The maximum atomic E-state index is 11.3. The maximum Gasteiger partial charge on any atom is 0.231 e. The van der Waals surface area contributed by atoms with E-state index in [1.165, 1.54) is 13.8 Å². The highest BCUT2D eigenvalue weighted by Crippen LogP contribution is 2.27. The van der Waals surface area contributed by atoms with Gasteiger partial charge in [0.1, 0.15) is 5.75 Å². The molecule has 220 valence electrons. The van der Waals surface area contributed by atoms with E-state index in [9.17, 15) is 9.59 Å². The minimum atomic E-state index is -0.134. The molecule has 0 aliphatic heterocycles. The third-order valence-electron chi connectivity index (χ3n) is 6.00. The van der Waals surface area contributed by atoms with Gasteiger partial charge in [0.2, 0.25) is 17.8 Å². The number of carbonyl (C=O) groups is 2. The number of benzene rings is 3.